The minimum Gasteiger partial charge on any atom is -0.354 e. The molecule has 2 unspecified atom stereocenters. The van der Waals surface area contributed by atoms with Gasteiger partial charge in [-0.3, -0.25) is 4.79 Å². The van der Waals surface area contributed by atoms with Crippen molar-refractivity contribution in [3.05, 3.63) is 60.2 Å². The Balaban J connectivity index is 1.34. The standard InChI is InChI=1S/C23H25FN6O/c1-16-5-6-17-14-19(24)7-8-20(17)30(16)23(31)18-4-2-12-28(15-18)21-9-10-22(27-26-21)29-13-3-11-25-29/h3,7-11,13-14,16,18H,2,4-6,12,15H2,1H3. The van der Waals surface area contributed by atoms with Crippen LogP contribution in [0.1, 0.15) is 31.7 Å². The second kappa shape index (κ2) is 8.09. The van der Waals surface area contributed by atoms with Crippen LogP contribution >= 0.6 is 0 Å². The first-order valence-corrected chi connectivity index (χ1v) is 10.8. The number of aromatic nitrogens is 4. The first-order chi connectivity index (χ1) is 15.1. The van der Waals surface area contributed by atoms with Crippen molar-refractivity contribution >= 4 is 17.4 Å². The molecule has 0 aliphatic carbocycles. The van der Waals surface area contributed by atoms with E-state index in [-0.39, 0.29) is 23.7 Å². The van der Waals surface area contributed by atoms with E-state index in [0.717, 1.165) is 49.3 Å². The molecular weight excluding hydrogens is 395 g/mol. The second-order valence-electron chi connectivity index (χ2n) is 8.35. The maximum atomic E-state index is 13.7. The van der Waals surface area contributed by atoms with Gasteiger partial charge in [0.05, 0.1) is 5.92 Å². The molecule has 1 aromatic carbocycles. The van der Waals surface area contributed by atoms with Crippen molar-refractivity contribution in [2.24, 2.45) is 5.92 Å². The predicted octanol–water partition coefficient (Wildman–Crippen LogP) is 3.39. The summed E-state index contributed by atoms with van der Waals surface area (Å²) in [6.45, 7) is 3.52. The van der Waals surface area contributed by atoms with Gasteiger partial charge < -0.3 is 9.80 Å². The van der Waals surface area contributed by atoms with Crippen LogP contribution < -0.4 is 9.80 Å². The number of rotatable bonds is 3. The third-order valence-electron chi connectivity index (χ3n) is 6.28. The summed E-state index contributed by atoms with van der Waals surface area (Å²) < 4.78 is 15.4. The average molecular weight is 420 g/mol. The Morgan fingerprint density at radius 2 is 1.97 bits per heavy atom. The van der Waals surface area contributed by atoms with Crippen LogP contribution in [-0.2, 0) is 11.2 Å². The number of carbonyl (C=O) groups excluding carboxylic acids is 1. The van der Waals surface area contributed by atoms with E-state index in [0.29, 0.717) is 12.4 Å². The van der Waals surface area contributed by atoms with E-state index >= 15 is 0 Å². The number of hydrogen-bond acceptors (Lipinski definition) is 5. The maximum Gasteiger partial charge on any atom is 0.232 e. The van der Waals surface area contributed by atoms with Gasteiger partial charge in [0.2, 0.25) is 5.91 Å². The number of fused-ring (bicyclic) bond motifs is 1. The summed E-state index contributed by atoms with van der Waals surface area (Å²) in [6, 6.07) is 10.5. The van der Waals surface area contributed by atoms with E-state index in [1.165, 1.54) is 6.07 Å². The number of carbonyl (C=O) groups is 1. The molecule has 31 heavy (non-hydrogen) atoms. The van der Waals surface area contributed by atoms with E-state index in [4.69, 9.17) is 0 Å². The van der Waals surface area contributed by atoms with Gasteiger partial charge >= 0.3 is 0 Å². The normalized spacial score (nSPS) is 21.1. The number of aryl methyl sites for hydroxylation is 1. The van der Waals surface area contributed by atoms with Crippen molar-refractivity contribution in [2.45, 2.75) is 38.6 Å². The lowest BCUT2D eigenvalue weighted by Gasteiger charge is -2.40. The summed E-state index contributed by atoms with van der Waals surface area (Å²) in [7, 11) is 0. The Labute approximate surface area is 180 Å². The zero-order valence-electron chi connectivity index (χ0n) is 17.5. The lowest BCUT2D eigenvalue weighted by atomic mass is 9.91. The lowest BCUT2D eigenvalue weighted by molar-refractivity contribution is -0.123. The highest BCUT2D eigenvalue weighted by atomic mass is 19.1. The Hall–Kier alpha value is -3.29. The van der Waals surface area contributed by atoms with Gasteiger partial charge in [-0.05, 0) is 74.6 Å². The quantitative estimate of drug-likeness (QED) is 0.650. The molecule has 2 aliphatic rings. The molecule has 3 aromatic rings. The molecule has 2 aromatic heterocycles. The fraction of sp³-hybridized carbons (Fsp3) is 0.391. The summed E-state index contributed by atoms with van der Waals surface area (Å²) in [5.41, 5.74) is 1.77. The van der Waals surface area contributed by atoms with Crippen LogP contribution in [0.2, 0.25) is 0 Å². The number of amides is 1. The average Bonchev–Trinajstić information content (AvgIpc) is 3.34. The van der Waals surface area contributed by atoms with Crippen molar-refractivity contribution in [2.75, 3.05) is 22.9 Å². The Morgan fingerprint density at radius 1 is 1.13 bits per heavy atom. The molecule has 7 nitrogen and oxygen atoms in total. The number of piperidine rings is 1. The van der Waals surface area contributed by atoms with Crippen LogP contribution in [-0.4, -0.2) is 45.0 Å². The summed E-state index contributed by atoms with van der Waals surface area (Å²) in [4.78, 5) is 17.6. The molecule has 1 amide bonds. The summed E-state index contributed by atoms with van der Waals surface area (Å²) in [6.07, 6.45) is 6.92. The van der Waals surface area contributed by atoms with E-state index < -0.39 is 0 Å². The number of hydrogen-bond donors (Lipinski definition) is 0. The monoisotopic (exact) mass is 420 g/mol. The fourth-order valence-electron chi connectivity index (χ4n) is 4.65. The van der Waals surface area contributed by atoms with Crippen LogP contribution in [0, 0.1) is 11.7 Å². The van der Waals surface area contributed by atoms with E-state index in [9.17, 15) is 9.18 Å². The molecule has 160 valence electrons. The van der Waals surface area contributed by atoms with Gasteiger partial charge in [0.25, 0.3) is 0 Å². The smallest absolute Gasteiger partial charge is 0.232 e. The molecule has 0 N–H and O–H groups in total. The van der Waals surface area contributed by atoms with Crippen molar-refractivity contribution in [1.29, 1.82) is 0 Å². The fourth-order valence-corrected chi connectivity index (χ4v) is 4.65. The van der Waals surface area contributed by atoms with Gasteiger partial charge in [-0.25, -0.2) is 9.07 Å². The molecular formula is C23H25FN6O. The third kappa shape index (κ3) is 3.78. The Bertz CT molecular complexity index is 1070. The van der Waals surface area contributed by atoms with Crippen LogP contribution in [0.15, 0.2) is 48.8 Å². The minimum absolute atomic E-state index is 0.106. The summed E-state index contributed by atoms with van der Waals surface area (Å²) in [5, 5.41) is 12.8. The molecule has 1 saturated heterocycles. The van der Waals surface area contributed by atoms with Gasteiger partial charge in [-0.15, -0.1) is 10.2 Å². The van der Waals surface area contributed by atoms with E-state index in [2.05, 4.69) is 27.1 Å². The number of anilines is 2. The zero-order chi connectivity index (χ0) is 21.4. The lowest BCUT2D eigenvalue weighted by Crippen LogP contribution is -2.49. The van der Waals surface area contributed by atoms with Gasteiger partial charge in [0, 0.05) is 37.2 Å². The van der Waals surface area contributed by atoms with Crippen molar-refractivity contribution in [1.82, 2.24) is 20.0 Å². The molecule has 0 radical (unpaired) electrons. The molecule has 0 bridgehead atoms. The van der Waals surface area contributed by atoms with E-state index in [1.54, 1.807) is 23.0 Å². The number of benzene rings is 1. The highest BCUT2D eigenvalue weighted by Gasteiger charge is 2.35. The van der Waals surface area contributed by atoms with Gasteiger partial charge in [0.1, 0.15) is 5.82 Å². The van der Waals surface area contributed by atoms with Crippen LogP contribution in [0.5, 0.6) is 0 Å². The van der Waals surface area contributed by atoms with Crippen LogP contribution in [0.4, 0.5) is 15.9 Å². The molecule has 1 fully saturated rings. The second-order valence-corrected chi connectivity index (χ2v) is 8.35. The van der Waals surface area contributed by atoms with Gasteiger partial charge in [0.15, 0.2) is 11.6 Å². The molecule has 2 aliphatic heterocycles. The highest BCUT2D eigenvalue weighted by molar-refractivity contribution is 5.97. The van der Waals surface area contributed by atoms with Crippen LogP contribution in [0.3, 0.4) is 0 Å². The Kier molecular flexibility index (Phi) is 5.13. The predicted molar refractivity (Wildman–Crippen MR) is 116 cm³/mol. The maximum absolute atomic E-state index is 13.7. The molecule has 5 rings (SSSR count). The highest BCUT2D eigenvalue weighted by Crippen LogP contribution is 2.34. The summed E-state index contributed by atoms with van der Waals surface area (Å²) >= 11 is 0. The topological polar surface area (TPSA) is 67.2 Å². The van der Waals surface area contributed by atoms with Crippen molar-refractivity contribution in [3.63, 3.8) is 0 Å². The van der Waals surface area contributed by atoms with Gasteiger partial charge in [-0.1, -0.05) is 0 Å². The number of halogens is 1. The first-order valence-electron chi connectivity index (χ1n) is 10.8. The SMILES string of the molecule is CC1CCc2cc(F)ccc2N1C(=O)C1CCCN(c2ccc(-n3cccn3)nn2)C1. The largest absolute Gasteiger partial charge is 0.354 e. The number of nitrogens with zero attached hydrogens (tertiary/aromatic N) is 6. The molecule has 0 saturated carbocycles. The van der Waals surface area contributed by atoms with Crippen molar-refractivity contribution in [3.8, 4) is 5.82 Å². The molecule has 4 heterocycles. The first kappa shape index (κ1) is 19.7. The molecule has 8 heteroatoms. The third-order valence-corrected chi connectivity index (χ3v) is 6.28. The Morgan fingerprint density at radius 3 is 2.74 bits per heavy atom. The van der Waals surface area contributed by atoms with E-state index in [1.807, 2.05) is 29.3 Å². The van der Waals surface area contributed by atoms with Gasteiger partial charge in [-0.2, -0.15) is 5.10 Å². The summed E-state index contributed by atoms with van der Waals surface area (Å²) in [5.74, 6) is 1.17. The molecule has 2 atom stereocenters. The van der Waals surface area contributed by atoms with Crippen molar-refractivity contribution < 1.29 is 9.18 Å². The minimum atomic E-state index is -0.248. The van der Waals surface area contributed by atoms with Crippen LogP contribution in [0.25, 0.3) is 5.82 Å². The molecule has 0 spiro atoms. The zero-order valence-corrected chi connectivity index (χ0v) is 17.5.